The van der Waals surface area contributed by atoms with Crippen LogP contribution in [0.25, 0.3) is 0 Å². The normalized spacial score (nSPS) is 15.0. The molecule has 0 aliphatic rings. The first kappa shape index (κ1) is 19.7. The predicted octanol–water partition coefficient (Wildman–Crippen LogP) is 4.33. The van der Waals surface area contributed by atoms with Gasteiger partial charge in [0.1, 0.15) is 0 Å². The van der Waals surface area contributed by atoms with Crippen LogP contribution in [0.4, 0.5) is 0 Å². The van der Waals surface area contributed by atoms with Crippen LogP contribution in [0.15, 0.2) is 36.5 Å². The third-order valence-corrected chi connectivity index (χ3v) is 3.16. The van der Waals surface area contributed by atoms with Gasteiger partial charge in [-0.25, -0.2) is 4.79 Å². The third kappa shape index (κ3) is 13.4. The summed E-state index contributed by atoms with van der Waals surface area (Å²) in [7, 11) is 1.31. The molecule has 0 rings (SSSR count). The molecule has 0 aromatic carbocycles. The number of unbranched alkanes of at least 4 members (excludes halogenated alkanes) is 6. The molecule has 0 radical (unpaired) electrons. The van der Waals surface area contributed by atoms with Gasteiger partial charge in [-0.15, -0.1) is 0 Å². The van der Waals surface area contributed by atoms with Crippen molar-refractivity contribution in [3.05, 3.63) is 36.5 Å². The lowest BCUT2D eigenvalue weighted by Crippen LogP contribution is -2.17. The molecule has 0 aliphatic carbocycles. The molecule has 120 valence electrons. The van der Waals surface area contributed by atoms with E-state index in [1.54, 1.807) is 19.1 Å². The summed E-state index contributed by atoms with van der Waals surface area (Å²) in [5.74, 6) is -0.470. The maximum absolute atomic E-state index is 10.9. The van der Waals surface area contributed by atoms with Gasteiger partial charge in [-0.3, -0.25) is 0 Å². The van der Waals surface area contributed by atoms with E-state index < -0.39 is 11.6 Å². The van der Waals surface area contributed by atoms with E-state index in [0.29, 0.717) is 0 Å². The van der Waals surface area contributed by atoms with Gasteiger partial charge in [-0.1, -0.05) is 57.3 Å². The molecular formula is C18H30O3. The van der Waals surface area contributed by atoms with Gasteiger partial charge in [0.25, 0.3) is 0 Å². The molecule has 3 nitrogen and oxygen atoms in total. The maximum atomic E-state index is 10.9. The number of hydrogen-bond acceptors (Lipinski definition) is 3. The van der Waals surface area contributed by atoms with Crippen LogP contribution in [0.5, 0.6) is 0 Å². The van der Waals surface area contributed by atoms with E-state index in [9.17, 15) is 9.90 Å². The molecular weight excluding hydrogens is 264 g/mol. The number of ether oxygens (including phenoxy) is 1. The highest BCUT2D eigenvalue weighted by molar-refractivity contribution is 5.82. The zero-order valence-electron chi connectivity index (χ0n) is 13.7. The molecule has 3 heteroatoms. The van der Waals surface area contributed by atoms with Crippen molar-refractivity contribution in [3.8, 4) is 0 Å². The predicted molar refractivity (Wildman–Crippen MR) is 88.1 cm³/mol. The minimum Gasteiger partial charge on any atom is -0.466 e. The Kier molecular flexibility index (Phi) is 11.6. The second-order valence-corrected chi connectivity index (χ2v) is 5.43. The van der Waals surface area contributed by atoms with Crippen molar-refractivity contribution in [1.82, 2.24) is 0 Å². The first-order chi connectivity index (χ1) is 10.0. The van der Waals surface area contributed by atoms with Crippen LogP contribution in [0.2, 0.25) is 0 Å². The fraction of sp³-hybridized carbons (Fsp3) is 0.611. The third-order valence-electron chi connectivity index (χ3n) is 3.16. The first-order valence-electron chi connectivity index (χ1n) is 7.85. The minimum atomic E-state index is -1.14. The van der Waals surface area contributed by atoms with Crippen LogP contribution in [0, 0.1) is 0 Å². The number of methoxy groups -OCH3 is 1. The van der Waals surface area contributed by atoms with E-state index in [2.05, 4.69) is 17.7 Å². The molecule has 0 aliphatic heterocycles. The van der Waals surface area contributed by atoms with Crippen molar-refractivity contribution in [3.63, 3.8) is 0 Å². The summed E-state index contributed by atoms with van der Waals surface area (Å²) < 4.78 is 4.48. The van der Waals surface area contributed by atoms with Gasteiger partial charge in [0.15, 0.2) is 0 Å². The molecule has 1 N–H and O–H groups in total. The summed E-state index contributed by atoms with van der Waals surface area (Å²) in [5, 5.41) is 9.97. The van der Waals surface area contributed by atoms with Gasteiger partial charge in [0.2, 0.25) is 0 Å². The number of hydrogen-bond donors (Lipinski definition) is 1. The van der Waals surface area contributed by atoms with Crippen molar-refractivity contribution < 1.29 is 14.6 Å². The molecule has 0 amide bonds. The first-order valence-corrected chi connectivity index (χ1v) is 7.85. The number of rotatable bonds is 11. The molecule has 0 aromatic rings. The topological polar surface area (TPSA) is 46.5 Å². The van der Waals surface area contributed by atoms with Crippen molar-refractivity contribution in [2.24, 2.45) is 0 Å². The van der Waals surface area contributed by atoms with E-state index in [-0.39, 0.29) is 0 Å². The number of aliphatic hydroxyl groups is 1. The fourth-order valence-electron chi connectivity index (χ4n) is 1.83. The lowest BCUT2D eigenvalue weighted by Gasteiger charge is -2.12. The zero-order chi connectivity index (χ0) is 16.0. The molecule has 0 spiro atoms. The summed E-state index contributed by atoms with van der Waals surface area (Å²) in [4.78, 5) is 10.9. The second-order valence-electron chi connectivity index (χ2n) is 5.43. The molecule has 0 saturated heterocycles. The quantitative estimate of drug-likeness (QED) is 0.267. The van der Waals surface area contributed by atoms with E-state index in [4.69, 9.17) is 0 Å². The smallest absolute Gasteiger partial charge is 0.330 e. The van der Waals surface area contributed by atoms with Gasteiger partial charge in [-0.05, 0) is 31.9 Å². The van der Waals surface area contributed by atoms with Crippen LogP contribution in [0.1, 0.15) is 58.8 Å². The number of carbonyl (C=O) groups is 1. The highest BCUT2D eigenvalue weighted by Crippen LogP contribution is 2.09. The van der Waals surface area contributed by atoms with Gasteiger partial charge in [0.05, 0.1) is 12.7 Å². The van der Waals surface area contributed by atoms with Gasteiger partial charge in [-0.2, -0.15) is 0 Å². The second kappa shape index (κ2) is 12.4. The van der Waals surface area contributed by atoms with Crippen LogP contribution in [-0.4, -0.2) is 23.8 Å². The Balaban J connectivity index is 3.84. The number of allylic oxidation sites excluding steroid dienone is 3. The van der Waals surface area contributed by atoms with Gasteiger partial charge < -0.3 is 9.84 Å². The Morgan fingerprint density at radius 1 is 1.10 bits per heavy atom. The highest BCUT2D eigenvalue weighted by Gasteiger charge is 2.11. The molecule has 0 bridgehead atoms. The van der Waals surface area contributed by atoms with Crippen LogP contribution in [0.3, 0.4) is 0 Å². The molecule has 0 saturated carbocycles. The Bertz CT molecular complexity index is 351. The van der Waals surface area contributed by atoms with E-state index in [0.717, 1.165) is 6.42 Å². The Hall–Kier alpha value is -1.35. The summed E-state index contributed by atoms with van der Waals surface area (Å²) >= 11 is 0. The van der Waals surface area contributed by atoms with E-state index in [1.807, 2.05) is 6.08 Å². The number of esters is 1. The zero-order valence-corrected chi connectivity index (χ0v) is 13.7. The van der Waals surface area contributed by atoms with E-state index in [1.165, 1.54) is 57.8 Å². The summed E-state index contributed by atoms with van der Waals surface area (Å²) in [6, 6.07) is 0. The summed E-state index contributed by atoms with van der Waals surface area (Å²) in [5.41, 5.74) is -1.14. The molecule has 1 atom stereocenters. The Labute approximate surface area is 129 Å². The van der Waals surface area contributed by atoms with Crippen molar-refractivity contribution in [1.29, 1.82) is 0 Å². The van der Waals surface area contributed by atoms with Crippen LogP contribution in [-0.2, 0) is 9.53 Å². The lowest BCUT2D eigenvalue weighted by molar-refractivity contribution is -0.134. The summed E-state index contributed by atoms with van der Waals surface area (Å²) in [6.45, 7) is 3.84. The van der Waals surface area contributed by atoms with Crippen molar-refractivity contribution >= 4 is 5.97 Å². The Morgan fingerprint density at radius 3 is 2.43 bits per heavy atom. The van der Waals surface area contributed by atoms with Gasteiger partial charge in [0, 0.05) is 6.08 Å². The summed E-state index contributed by atoms with van der Waals surface area (Å²) in [6.07, 6.45) is 19.0. The number of carbonyl (C=O) groups excluding carboxylic acids is 1. The van der Waals surface area contributed by atoms with Crippen molar-refractivity contribution in [2.45, 2.75) is 64.4 Å². The highest BCUT2D eigenvalue weighted by atomic mass is 16.5. The molecule has 21 heavy (non-hydrogen) atoms. The minimum absolute atomic E-state index is 0.470. The molecule has 0 unspecified atom stereocenters. The fourth-order valence-corrected chi connectivity index (χ4v) is 1.83. The van der Waals surface area contributed by atoms with E-state index >= 15 is 0 Å². The SMILES string of the molecule is CCCCCCCC/C=C/C=C/[C@](C)(O)/C=C/C(=O)OC. The molecule has 0 heterocycles. The largest absolute Gasteiger partial charge is 0.466 e. The Morgan fingerprint density at radius 2 is 1.76 bits per heavy atom. The molecule has 0 fully saturated rings. The lowest BCUT2D eigenvalue weighted by atomic mass is 10.1. The van der Waals surface area contributed by atoms with Crippen LogP contribution >= 0.6 is 0 Å². The average Bonchev–Trinajstić information content (AvgIpc) is 2.46. The maximum Gasteiger partial charge on any atom is 0.330 e. The average molecular weight is 294 g/mol. The van der Waals surface area contributed by atoms with Gasteiger partial charge >= 0.3 is 5.97 Å². The van der Waals surface area contributed by atoms with Crippen LogP contribution < -0.4 is 0 Å². The monoisotopic (exact) mass is 294 g/mol. The molecule has 0 aromatic heterocycles. The standard InChI is InChI=1S/C18H30O3/c1-4-5-6-7-8-9-10-11-12-13-15-18(2,20)16-14-17(19)21-3/h11-16,20H,4-10H2,1-3H3/b12-11+,15-13+,16-14+/t18-/m0/s1. The van der Waals surface area contributed by atoms with Crippen molar-refractivity contribution in [2.75, 3.05) is 7.11 Å².